The van der Waals surface area contributed by atoms with Crippen molar-refractivity contribution in [3.05, 3.63) is 27.9 Å². The number of aryl methyl sites for hydroxylation is 1. The van der Waals surface area contributed by atoms with Gasteiger partial charge in [-0.2, -0.15) is 0 Å². The number of aromatic amines is 1. The highest BCUT2D eigenvalue weighted by Gasteiger charge is 2.19. The number of H-pyrrole nitrogens is 1. The van der Waals surface area contributed by atoms with Crippen LogP contribution in [0.25, 0.3) is 0 Å². The Balaban J connectivity index is 1.97. The van der Waals surface area contributed by atoms with Crippen molar-refractivity contribution in [1.82, 2.24) is 14.9 Å². The maximum atomic E-state index is 11.5. The zero-order chi connectivity index (χ0) is 13.0. The van der Waals surface area contributed by atoms with E-state index in [1.807, 2.05) is 6.92 Å². The molecular formula is C13H21N3O2. The Hall–Kier alpha value is -1.20. The van der Waals surface area contributed by atoms with Crippen LogP contribution >= 0.6 is 0 Å². The number of aliphatic hydroxyl groups excluding tert-OH is 1. The molecule has 0 saturated carbocycles. The topological polar surface area (TPSA) is 69.2 Å². The molecular weight excluding hydrogens is 230 g/mol. The van der Waals surface area contributed by atoms with E-state index in [9.17, 15) is 4.79 Å². The fourth-order valence-electron chi connectivity index (χ4n) is 2.36. The molecule has 5 nitrogen and oxygen atoms in total. The SMILES string of the molecule is CCc1cc(=O)[nH]c(CN2CCC(CO)CC2)n1. The number of rotatable bonds is 4. The van der Waals surface area contributed by atoms with Crippen molar-refractivity contribution in [2.24, 2.45) is 5.92 Å². The van der Waals surface area contributed by atoms with Crippen molar-refractivity contribution >= 4 is 0 Å². The average Bonchev–Trinajstić information content (AvgIpc) is 2.39. The fraction of sp³-hybridized carbons (Fsp3) is 0.692. The summed E-state index contributed by atoms with van der Waals surface area (Å²) in [5, 5.41) is 9.09. The third-order valence-corrected chi connectivity index (χ3v) is 3.54. The Morgan fingerprint density at radius 2 is 2.22 bits per heavy atom. The molecule has 1 aliphatic heterocycles. The van der Waals surface area contributed by atoms with Gasteiger partial charge in [-0.15, -0.1) is 0 Å². The van der Waals surface area contributed by atoms with Crippen LogP contribution in [0.2, 0.25) is 0 Å². The summed E-state index contributed by atoms with van der Waals surface area (Å²) in [7, 11) is 0. The molecule has 0 aromatic carbocycles. The van der Waals surface area contributed by atoms with E-state index < -0.39 is 0 Å². The molecule has 0 unspecified atom stereocenters. The van der Waals surface area contributed by atoms with Gasteiger partial charge in [0.2, 0.25) is 0 Å². The number of nitrogens with zero attached hydrogens (tertiary/aromatic N) is 2. The highest BCUT2D eigenvalue weighted by Crippen LogP contribution is 2.17. The van der Waals surface area contributed by atoms with Gasteiger partial charge in [-0.3, -0.25) is 9.69 Å². The molecule has 100 valence electrons. The van der Waals surface area contributed by atoms with Gasteiger partial charge >= 0.3 is 0 Å². The maximum absolute atomic E-state index is 11.5. The van der Waals surface area contributed by atoms with Gasteiger partial charge in [0.15, 0.2) is 0 Å². The van der Waals surface area contributed by atoms with E-state index in [0.717, 1.165) is 43.9 Å². The van der Waals surface area contributed by atoms with E-state index in [2.05, 4.69) is 14.9 Å². The Morgan fingerprint density at radius 1 is 1.50 bits per heavy atom. The van der Waals surface area contributed by atoms with Crippen LogP contribution in [0.5, 0.6) is 0 Å². The highest BCUT2D eigenvalue weighted by molar-refractivity contribution is 5.02. The maximum Gasteiger partial charge on any atom is 0.251 e. The highest BCUT2D eigenvalue weighted by atomic mass is 16.3. The van der Waals surface area contributed by atoms with E-state index in [1.54, 1.807) is 6.07 Å². The van der Waals surface area contributed by atoms with Crippen LogP contribution in [-0.4, -0.2) is 39.7 Å². The molecule has 2 rings (SSSR count). The fourth-order valence-corrected chi connectivity index (χ4v) is 2.36. The molecule has 2 heterocycles. The number of hydrogen-bond donors (Lipinski definition) is 2. The number of piperidine rings is 1. The lowest BCUT2D eigenvalue weighted by Crippen LogP contribution is -2.35. The number of nitrogens with one attached hydrogen (secondary N) is 1. The van der Waals surface area contributed by atoms with E-state index in [-0.39, 0.29) is 12.2 Å². The molecule has 1 aromatic heterocycles. The molecule has 0 radical (unpaired) electrons. The molecule has 2 N–H and O–H groups in total. The molecule has 0 bridgehead atoms. The van der Waals surface area contributed by atoms with Crippen LogP contribution in [0.1, 0.15) is 31.3 Å². The zero-order valence-corrected chi connectivity index (χ0v) is 10.9. The Morgan fingerprint density at radius 3 is 2.83 bits per heavy atom. The van der Waals surface area contributed by atoms with Crippen LogP contribution in [0, 0.1) is 5.92 Å². The predicted molar refractivity (Wildman–Crippen MR) is 69.3 cm³/mol. The third-order valence-electron chi connectivity index (χ3n) is 3.54. The normalized spacial score (nSPS) is 18.1. The molecule has 0 atom stereocenters. The first-order valence-corrected chi connectivity index (χ1v) is 6.63. The number of aromatic nitrogens is 2. The molecule has 0 aliphatic carbocycles. The molecule has 18 heavy (non-hydrogen) atoms. The Bertz CT molecular complexity index is 436. The second kappa shape index (κ2) is 6.11. The van der Waals surface area contributed by atoms with Crippen LogP contribution in [-0.2, 0) is 13.0 Å². The lowest BCUT2D eigenvalue weighted by atomic mass is 9.98. The summed E-state index contributed by atoms with van der Waals surface area (Å²) in [5.41, 5.74) is 0.779. The quantitative estimate of drug-likeness (QED) is 0.819. The first-order valence-electron chi connectivity index (χ1n) is 6.63. The van der Waals surface area contributed by atoms with Crippen LogP contribution in [0.15, 0.2) is 10.9 Å². The average molecular weight is 251 g/mol. The molecule has 0 amide bonds. The minimum atomic E-state index is -0.0675. The van der Waals surface area contributed by atoms with E-state index >= 15 is 0 Å². The second-order valence-corrected chi connectivity index (χ2v) is 4.94. The van der Waals surface area contributed by atoms with Crippen LogP contribution in [0.4, 0.5) is 0 Å². The molecule has 1 fully saturated rings. The standard InChI is InChI=1S/C13H21N3O2/c1-2-11-7-13(18)15-12(14-11)8-16-5-3-10(9-17)4-6-16/h7,10,17H,2-6,8-9H2,1H3,(H,14,15,18). The first kappa shape index (κ1) is 13.2. The lowest BCUT2D eigenvalue weighted by Gasteiger charge is -2.30. The number of likely N-dealkylation sites (tertiary alicyclic amines) is 1. The smallest absolute Gasteiger partial charge is 0.251 e. The Kier molecular flexibility index (Phi) is 4.49. The van der Waals surface area contributed by atoms with Gasteiger partial charge in [0.05, 0.1) is 6.54 Å². The van der Waals surface area contributed by atoms with Gasteiger partial charge in [-0.05, 0) is 38.3 Å². The van der Waals surface area contributed by atoms with E-state index in [0.29, 0.717) is 12.5 Å². The summed E-state index contributed by atoms with van der Waals surface area (Å²) < 4.78 is 0. The summed E-state index contributed by atoms with van der Waals surface area (Å²) in [4.78, 5) is 21.0. The van der Waals surface area contributed by atoms with Crippen molar-refractivity contribution in [2.75, 3.05) is 19.7 Å². The molecule has 1 saturated heterocycles. The van der Waals surface area contributed by atoms with Gasteiger partial charge in [-0.25, -0.2) is 4.98 Å². The summed E-state index contributed by atoms with van der Waals surface area (Å²) in [5.74, 6) is 1.19. The minimum Gasteiger partial charge on any atom is -0.396 e. The van der Waals surface area contributed by atoms with Crippen molar-refractivity contribution < 1.29 is 5.11 Å². The summed E-state index contributed by atoms with van der Waals surface area (Å²) in [6.07, 6.45) is 2.83. The third kappa shape index (κ3) is 3.40. The van der Waals surface area contributed by atoms with Crippen molar-refractivity contribution in [2.45, 2.75) is 32.7 Å². The van der Waals surface area contributed by atoms with E-state index in [1.165, 1.54) is 0 Å². The monoisotopic (exact) mass is 251 g/mol. The van der Waals surface area contributed by atoms with Gasteiger partial charge in [-0.1, -0.05) is 6.92 Å². The van der Waals surface area contributed by atoms with Crippen molar-refractivity contribution in [3.8, 4) is 0 Å². The zero-order valence-electron chi connectivity index (χ0n) is 10.9. The predicted octanol–water partition coefficient (Wildman–Crippen LogP) is 0.537. The number of aliphatic hydroxyl groups is 1. The summed E-state index contributed by atoms with van der Waals surface area (Å²) >= 11 is 0. The molecule has 5 heteroatoms. The summed E-state index contributed by atoms with van der Waals surface area (Å²) in [6.45, 7) is 4.91. The Labute approximate surface area is 107 Å². The van der Waals surface area contributed by atoms with Gasteiger partial charge < -0.3 is 10.1 Å². The van der Waals surface area contributed by atoms with Gasteiger partial charge in [0.25, 0.3) is 5.56 Å². The lowest BCUT2D eigenvalue weighted by molar-refractivity contribution is 0.125. The van der Waals surface area contributed by atoms with Crippen LogP contribution < -0.4 is 5.56 Å². The van der Waals surface area contributed by atoms with Crippen LogP contribution in [0.3, 0.4) is 0 Å². The van der Waals surface area contributed by atoms with Gasteiger partial charge in [0.1, 0.15) is 5.82 Å². The summed E-state index contributed by atoms with van der Waals surface area (Å²) in [6, 6.07) is 1.56. The van der Waals surface area contributed by atoms with E-state index in [4.69, 9.17) is 5.11 Å². The minimum absolute atomic E-state index is 0.0675. The van der Waals surface area contributed by atoms with Crippen molar-refractivity contribution in [3.63, 3.8) is 0 Å². The molecule has 1 aliphatic rings. The van der Waals surface area contributed by atoms with Crippen molar-refractivity contribution in [1.29, 1.82) is 0 Å². The first-order chi connectivity index (χ1) is 8.71. The molecule has 0 spiro atoms. The van der Waals surface area contributed by atoms with Gasteiger partial charge in [0, 0.05) is 18.4 Å². The largest absolute Gasteiger partial charge is 0.396 e. The second-order valence-electron chi connectivity index (χ2n) is 4.94. The molecule has 1 aromatic rings. The number of hydrogen-bond acceptors (Lipinski definition) is 4.